The number of nitrogens with one attached hydrogen (secondary N) is 2. The van der Waals surface area contributed by atoms with Gasteiger partial charge in [-0.25, -0.2) is 0 Å². The van der Waals surface area contributed by atoms with E-state index in [1.165, 1.54) is 32.1 Å². The molecule has 1 amide bonds. The van der Waals surface area contributed by atoms with Crippen molar-refractivity contribution in [3.8, 4) is 0 Å². The van der Waals surface area contributed by atoms with Crippen LogP contribution in [0.25, 0.3) is 0 Å². The number of rotatable bonds is 17. The van der Waals surface area contributed by atoms with Gasteiger partial charge in [-0.15, -0.1) is 0 Å². The lowest BCUT2D eigenvalue weighted by atomic mass is 9.77. The van der Waals surface area contributed by atoms with Gasteiger partial charge < -0.3 is 20.5 Å². The van der Waals surface area contributed by atoms with Crippen LogP contribution in [0, 0.1) is 11.8 Å². The number of carboxylic acids is 1. The summed E-state index contributed by atoms with van der Waals surface area (Å²) in [6.45, 7) is 3.10. The number of hydrogen-bond donors (Lipinski definition) is 3. The first-order valence-electron chi connectivity index (χ1n) is 12.6. The van der Waals surface area contributed by atoms with E-state index < -0.39 is 5.97 Å². The lowest BCUT2D eigenvalue weighted by Gasteiger charge is -2.27. The Morgan fingerprint density at radius 1 is 0.969 bits per heavy atom. The predicted molar refractivity (Wildman–Crippen MR) is 132 cm³/mol. The Labute approximate surface area is 198 Å². The van der Waals surface area contributed by atoms with Crippen molar-refractivity contribution in [2.75, 3.05) is 13.1 Å². The van der Waals surface area contributed by atoms with E-state index in [4.69, 9.17) is 22.1 Å². The van der Waals surface area contributed by atoms with E-state index >= 15 is 0 Å². The molecule has 0 aromatic rings. The van der Waals surface area contributed by atoms with Crippen molar-refractivity contribution in [3.63, 3.8) is 0 Å². The minimum absolute atomic E-state index is 0.0129. The number of allylic oxidation sites excluding steroid dienone is 2. The van der Waals surface area contributed by atoms with E-state index in [1.807, 2.05) is 0 Å². The molecule has 2 fully saturated rings. The molecule has 2 rings (SSSR count). The first-order chi connectivity index (χ1) is 15.5. The Bertz CT molecular complexity index is 625. The minimum Gasteiger partial charge on any atom is -0.481 e. The van der Waals surface area contributed by atoms with Gasteiger partial charge in [0.2, 0.25) is 5.91 Å². The number of amides is 1. The van der Waals surface area contributed by atoms with E-state index in [0.29, 0.717) is 24.8 Å². The molecule has 2 saturated heterocycles. The molecule has 0 aromatic heterocycles. The third kappa shape index (κ3) is 9.99. The summed E-state index contributed by atoms with van der Waals surface area (Å²) in [5, 5.41) is 14.9. The summed E-state index contributed by atoms with van der Waals surface area (Å²) in [5.74, 6) is 0.0114. The highest BCUT2D eigenvalue weighted by atomic mass is 32.1. The van der Waals surface area contributed by atoms with Crippen LogP contribution in [0.5, 0.6) is 0 Å². The molecule has 3 N–H and O–H groups in total. The summed E-state index contributed by atoms with van der Waals surface area (Å²) < 4.78 is 6.12. The number of thiocarbonyl (C=S) groups is 1. The van der Waals surface area contributed by atoms with Gasteiger partial charge in [-0.05, 0) is 50.9 Å². The first-order valence-corrected chi connectivity index (χ1v) is 13.0. The van der Waals surface area contributed by atoms with Gasteiger partial charge in [-0.1, -0.05) is 63.4 Å². The van der Waals surface area contributed by atoms with Gasteiger partial charge >= 0.3 is 5.97 Å². The molecule has 0 unspecified atom stereocenters. The molecule has 0 spiro atoms. The van der Waals surface area contributed by atoms with Crippen LogP contribution in [0.15, 0.2) is 12.2 Å². The number of unbranched alkanes of at least 4 members (excludes halogenated alkanes) is 6. The number of carboxylic acid groups (broad SMARTS) is 1. The maximum atomic E-state index is 12.3. The smallest absolute Gasteiger partial charge is 0.303 e. The van der Waals surface area contributed by atoms with Crippen LogP contribution in [0.2, 0.25) is 0 Å². The highest BCUT2D eigenvalue weighted by molar-refractivity contribution is 7.80. The zero-order valence-corrected chi connectivity index (χ0v) is 20.5. The van der Waals surface area contributed by atoms with Gasteiger partial charge in [0.05, 0.1) is 23.7 Å². The van der Waals surface area contributed by atoms with Crippen LogP contribution in [-0.2, 0) is 14.3 Å². The first kappa shape index (κ1) is 26.8. The van der Waals surface area contributed by atoms with Crippen molar-refractivity contribution in [1.82, 2.24) is 10.6 Å². The Kier molecular flexibility index (Phi) is 12.9. The molecule has 182 valence electrons. The highest BCUT2D eigenvalue weighted by Crippen LogP contribution is 2.44. The standard InChI is InChI=1S/C25H42N2O4S/c1-2-3-4-5-6-10-13-24(32)27-18-23(28)26-17-20-19(21-15-16-22(20)31-21)12-9-7-8-11-14-25(29)30/h7,9,19-22H,2-6,8,10-18H2,1H3,(H,26,28)(H,27,32)(H,29,30)/t19-,20+,21-,22+/m1/s1. The molecule has 2 heterocycles. The Morgan fingerprint density at radius 2 is 1.69 bits per heavy atom. The second-order valence-corrected chi connectivity index (χ2v) is 9.70. The SMILES string of the molecule is CCCCCCCCC(=S)NCC(=O)NC[C@H]1[C@@H](CC=CCCCC(=O)O)[C@H]2CC[C@@H]1O2. The van der Waals surface area contributed by atoms with Crippen molar-refractivity contribution in [3.05, 3.63) is 12.2 Å². The fourth-order valence-electron chi connectivity index (χ4n) is 4.85. The fourth-order valence-corrected chi connectivity index (χ4v) is 5.07. The molecule has 2 bridgehead atoms. The molecule has 0 aromatic carbocycles. The summed E-state index contributed by atoms with van der Waals surface area (Å²) >= 11 is 5.37. The van der Waals surface area contributed by atoms with Crippen molar-refractivity contribution in [1.29, 1.82) is 0 Å². The topological polar surface area (TPSA) is 87.7 Å². The second kappa shape index (κ2) is 15.4. The monoisotopic (exact) mass is 466 g/mol. The third-order valence-electron chi connectivity index (χ3n) is 6.67. The van der Waals surface area contributed by atoms with Crippen LogP contribution < -0.4 is 10.6 Å². The number of hydrogen-bond acceptors (Lipinski definition) is 4. The van der Waals surface area contributed by atoms with E-state index in [2.05, 4.69) is 29.7 Å². The molecule has 2 aliphatic rings. The highest BCUT2D eigenvalue weighted by Gasteiger charge is 2.47. The molecular formula is C25H42N2O4S. The summed E-state index contributed by atoms with van der Waals surface area (Å²) in [5.41, 5.74) is 0. The molecule has 0 aliphatic carbocycles. The maximum Gasteiger partial charge on any atom is 0.303 e. The number of carbonyl (C=O) groups excluding carboxylic acids is 1. The molecule has 0 radical (unpaired) electrons. The van der Waals surface area contributed by atoms with Crippen molar-refractivity contribution in [2.45, 2.75) is 103 Å². The molecule has 32 heavy (non-hydrogen) atoms. The van der Waals surface area contributed by atoms with Crippen LogP contribution in [-0.4, -0.2) is 47.3 Å². The predicted octanol–water partition coefficient (Wildman–Crippen LogP) is 4.77. The molecule has 4 atom stereocenters. The van der Waals surface area contributed by atoms with Gasteiger partial charge in [-0.3, -0.25) is 9.59 Å². The number of aliphatic carboxylic acids is 1. The largest absolute Gasteiger partial charge is 0.481 e. The summed E-state index contributed by atoms with van der Waals surface area (Å²) in [6, 6.07) is 0. The Hall–Kier alpha value is -1.47. The van der Waals surface area contributed by atoms with Crippen LogP contribution in [0.4, 0.5) is 0 Å². The summed E-state index contributed by atoms with van der Waals surface area (Å²) in [4.78, 5) is 23.7. The molecular weight excluding hydrogens is 424 g/mol. The second-order valence-electron chi connectivity index (χ2n) is 9.21. The Morgan fingerprint density at radius 3 is 2.44 bits per heavy atom. The van der Waals surface area contributed by atoms with E-state index in [1.54, 1.807) is 0 Å². The average Bonchev–Trinajstić information content (AvgIpc) is 3.37. The molecule has 0 saturated carbocycles. The van der Waals surface area contributed by atoms with Crippen molar-refractivity contribution in [2.24, 2.45) is 11.8 Å². The van der Waals surface area contributed by atoms with Crippen LogP contribution in [0.1, 0.15) is 90.4 Å². The van der Waals surface area contributed by atoms with Crippen LogP contribution in [0.3, 0.4) is 0 Å². The van der Waals surface area contributed by atoms with E-state index in [0.717, 1.165) is 43.5 Å². The summed E-state index contributed by atoms with van der Waals surface area (Å²) in [7, 11) is 0. The minimum atomic E-state index is -0.742. The van der Waals surface area contributed by atoms with E-state index in [9.17, 15) is 9.59 Å². The normalized spacial score (nSPS) is 24.2. The maximum absolute atomic E-state index is 12.3. The molecule has 2 aliphatic heterocycles. The average molecular weight is 467 g/mol. The number of ether oxygens (including phenoxy) is 1. The zero-order chi connectivity index (χ0) is 23.2. The van der Waals surface area contributed by atoms with Crippen LogP contribution >= 0.6 is 12.2 Å². The van der Waals surface area contributed by atoms with Gasteiger partial charge in [0, 0.05) is 18.9 Å². The Balaban J connectivity index is 1.61. The summed E-state index contributed by atoms with van der Waals surface area (Å²) in [6.07, 6.45) is 17.8. The number of fused-ring (bicyclic) bond motifs is 2. The van der Waals surface area contributed by atoms with Gasteiger partial charge in [0.15, 0.2) is 0 Å². The third-order valence-corrected chi connectivity index (χ3v) is 7.01. The lowest BCUT2D eigenvalue weighted by molar-refractivity contribution is -0.137. The lowest BCUT2D eigenvalue weighted by Crippen LogP contribution is -2.42. The molecule has 7 heteroatoms. The van der Waals surface area contributed by atoms with Gasteiger partial charge in [0.1, 0.15) is 0 Å². The number of carbonyl (C=O) groups is 2. The van der Waals surface area contributed by atoms with Crippen molar-refractivity contribution < 1.29 is 19.4 Å². The van der Waals surface area contributed by atoms with Gasteiger partial charge in [-0.2, -0.15) is 0 Å². The van der Waals surface area contributed by atoms with Gasteiger partial charge in [0.25, 0.3) is 0 Å². The fraction of sp³-hybridized carbons (Fsp3) is 0.800. The van der Waals surface area contributed by atoms with Crippen molar-refractivity contribution >= 4 is 29.1 Å². The quantitative estimate of drug-likeness (QED) is 0.163. The molecule has 6 nitrogen and oxygen atoms in total. The van der Waals surface area contributed by atoms with E-state index in [-0.39, 0.29) is 31.1 Å². The zero-order valence-electron chi connectivity index (χ0n) is 19.7.